The highest BCUT2D eigenvalue weighted by Gasteiger charge is 2.38. The fourth-order valence-electron chi connectivity index (χ4n) is 2.65. The van der Waals surface area contributed by atoms with Gasteiger partial charge in [-0.1, -0.05) is 24.3 Å². The fourth-order valence-corrected chi connectivity index (χ4v) is 2.65. The van der Waals surface area contributed by atoms with Crippen LogP contribution in [0.5, 0.6) is 0 Å². The summed E-state index contributed by atoms with van der Waals surface area (Å²) in [6.07, 6.45) is 0.742. The third-order valence-corrected chi connectivity index (χ3v) is 3.78. The maximum Gasteiger partial charge on any atom is 0.305 e. The van der Waals surface area contributed by atoms with E-state index in [2.05, 4.69) is 0 Å². The number of rotatable bonds is 4. The Morgan fingerprint density at radius 1 is 1.30 bits per heavy atom. The Hall–Kier alpha value is -1.84. The molecule has 4 heteroatoms. The summed E-state index contributed by atoms with van der Waals surface area (Å²) in [5, 5.41) is 8.84. The third-order valence-electron chi connectivity index (χ3n) is 3.78. The minimum atomic E-state index is -0.874. The second-order valence-corrected chi connectivity index (χ2v) is 6.26. The second-order valence-electron chi connectivity index (χ2n) is 6.26. The Labute approximate surface area is 119 Å². The van der Waals surface area contributed by atoms with Gasteiger partial charge < -0.3 is 10.0 Å². The molecule has 0 spiro atoms. The highest BCUT2D eigenvalue weighted by molar-refractivity contribution is 5.87. The molecule has 0 aromatic heterocycles. The normalized spacial score (nSPS) is 17.1. The van der Waals surface area contributed by atoms with Gasteiger partial charge in [-0.15, -0.1) is 0 Å². The molecule has 1 atom stereocenters. The lowest BCUT2D eigenvalue weighted by atomic mass is 9.76. The van der Waals surface area contributed by atoms with Gasteiger partial charge in [-0.3, -0.25) is 9.59 Å². The highest BCUT2D eigenvalue weighted by Crippen LogP contribution is 2.37. The van der Waals surface area contributed by atoms with Crippen LogP contribution in [0.15, 0.2) is 24.3 Å². The van der Waals surface area contributed by atoms with Crippen LogP contribution in [0.1, 0.15) is 44.2 Å². The van der Waals surface area contributed by atoms with E-state index < -0.39 is 5.97 Å². The van der Waals surface area contributed by atoms with Gasteiger partial charge in [0.25, 0.3) is 0 Å². The molecule has 20 heavy (non-hydrogen) atoms. The van der Waals surface area contributed by atoms with Crippen molar-refractivity contribution >= 4 is 11.9 Å². The summed E-state index contributed by atoms with van der Waals surface area (Å²) in [7, 11) is 0. The fraction of sp³-hybridized carbons (Fsp3) is 0.500. The van der Waals surface area contributed by atoms with Crippen LogP contribution in [0.25, 0.3) is 0 Å². The number of carbonyl (C=O) groups excluding carboxylic acids is 1. The summed E-state index contributed by atoms with van der Waals surface area (Å²) < 4.78 is 0. The molecule has 108 valence electrons. The molecule has 1 aromatic carbocycles. The molecule has 0 bridgehead atoms. The van der Waals surface area contributed by atoms with E-state index in [-0.39, 0.29) is 30.3 Å². The molecular formula is C16H21NO3. The van der Waals surface area contributed by atoms with Crippen molar-refractivity contribution in [2.45, 2.75) is 45.1 Å². The third kappa shape index (κ3) is 2.84. The van der Waals surface area contributed by atoms with E-state index in [9.17, 15) is 9.59 Å². The van der Waals surface area contributed by atoms with Crippen molar-refractivity contribution in [2.24, 2.45) is 0 Å². The summed E-state index contributed by atoms with van der Waals surface area (Å²) in [6, 6.07) is 7.94. The predicted octanol–water partition coefficient (Wildman–Crippen LogP) is 2.43. The second kappa shape index (κ2) is 5.27. The summed E-state index contributed by atoms with van der Waals surface area (Å²) in [6.45, 7) is 6.09. The van der Waals surface area contributed by atoms with Gasteiger partial charge in [-0.2, -0.15) is 0 Å². The molecule has 0 aliphatic heterocycles. The molecule has 0 heterocycles. The van der Waals surface area contributed by atoms with Crippen molar-refractivity contribution in [3.05, 3.63) is 35.4 Å². The largest absolute Gasteiger partial charge is 0.481 e. The zero-order valence-electron chi connectivity index (χ0n) is 12.2. The molecule has 1 unspecified atom stereocenters. The molecule has 2 rings (SSSR count). The Bertz CT molecular complexity index is 531. The van der Waals surface area contributed by atoms with Crippen molar-refractivity contribution in [1.29, 1.82) is 0 Å². The van der Waals surface area contributed by atoms with Crippen LogP contribution in [-0.2, 0) is 16.0 Å². The lowest BCUT2D eigenvalue weighted by Gasteiger charge is -2.40. The van der Waals surface area contributed by atoms with Gasteiger partial charge in [0.2, 0.25) is 5.91 Å². The number of hydrogen-bond donors (Lipinski definition) is 1. The lowest BCUT2D eigenvalue weighted by molar-refractivity contribution is -0.141. The number of carboxylic acid groups (broad SMARTS) is 1. The van der Waals surface area contributed by atoms with E-state index in [1.54, 1.807) is 4.90 Å². The molecule has 0 fully saturated rings. The van der Waals surface area contributed by atoms with Gasteiger partial charge in [0.15, 0.2) is 0 Å². The van der Waals surface area contributed by atoms with Crippen LogP contribution in [0, 0.1) is 0 Å². The predicted molar refractivity (Wildman–Crippen MR) is 76.6 cm³/mol. The van der Waals surface area contributed by atoms with Gasteiger partial charge in [0.05, 0.1) is 12.3 Å². The Morgan fingerprint density at radius 2 is 1.95 bits per heavy atom. The van der Waals surface area contributed by atoms with Crippen LogP contribution in [0.2, 0.25) is 0 Å². The summed E-state index contributed by atoms with van der Waals surface area (Å²) in [4.78, 5) is 25.1. The minimum Gasteiger partial charge on any atom is -0.481 e. The average molecular weight is 275 g/mol. The van der Waals surface area contributed by atoms with Crippen LogP contribution in [0.3, 0.4) is 0 Å². The smallest absolute Gasteiger partial charge is 0.305 e. The van der Waals surface area contributed by atoms with Gasteiger partial charge in [-0.05, 0) is 38.3 Å². The number of fused-ring (bicyclic) bond motifs is 1. The molecule has 1 aliphatic rings. The highest BCUT2D eigenvalue weighted by atomic mass is 16.4. The minimum absolute atomic E-state index is 0.0165. The quantitative estimate of drug-likeness (QED) is 0.918. The van der Waals surface area contributed by atoms with Crippen molar-refractivity contribution in [1.82, 2.24) is 4.90 Å². The Kier molecular flexibility index (Phi) is 3.84. The molecule has 0 saturated carbocycles. The van der Waals surface area contributed by atoms with Crippen LogP contribution < -0.4 is 0 Å². The first kappa shape index (κ1) is 14.6. The van der Waals surface area contributed by atoms with Crippen LogP contribution >= 0.6 is 0 Å². The van der Waals surface area contributed by atoms with Crippen molar-refractivity contribution in [3.8, 4) is 0 Å². The topological polar surface area (TPSA) is 57.6 Å². The van der Waals surface area contributed by atoms with E-state index in [1.807, 2.05) is 45.0 Å². The van der Waals surface area contributed by atoms with Gasteiger partial charge in [-0.25, -0.2) is 0 Å². The summed E-state index contributed by atoms with van der Waals surface area (Å²) in [5.41, 5.74) is 1.94. The first-order chi connectivity index (χ1) is 9.30. The number of hydrogen-bond acceptors (Lipinski definition) is 2. The average Bonchev–Trinajstić information content (AvgIpc) is 2.28. The zero-order chi connectivity index (χ0) is 14.9. The Balaban J connectivity index is 2.14. The lowest BCUT2D eigenvalue weighted by Crippen LogP contribution is -2.50. The standard InChI is InChI=1S/C16H21NO3/c1-16(2,3)17(9-8-14(18)19)15(20)13-10-11-6-4-5-7-12(11)13/h4-7,13H,8-10H2,1-3H3,(H,18,19). The van der Waals surface area contributed by atoms with E-state index in [4.69, 9.17) is 5.11 Å². The van der Waals surface area contributed by atoms with Gasteiger partial charge in [0.1, 0.15) is 0 Å². The van der Waals surface area contributed by atoms with E-state index in [0.717, 1.165) is 12.0 Å². The summed E-state index contributed by atoms with van der Waals surface area (Å²) >= 11 is 0. The number of amides is 1. The molecule has 1 amide bonds. The van der Waals surface area contributed by atoms with Gasteiger partial charge in [0, 0.05) is 12.1 Å². The number of aliphatic carboxylic acids is 1. The van der Waals surface area contributed by atoms with Crippen LogP contribution in [0.4, 0.5) is 0 Å². The summed E-state index contributed by atoms with van der Waals surface area (Å²) in [5.74, 6) is -0.947. The molecule has 1 aliphatic carbocycles. The molecule has 1 N–H and O–H groups in total. The number of benzene rings is 1. The van der Waals surface area contributed by atoms with E-state index in [1.165, 1.54) is 5.56 Å². The van der Waals surface area contributed by atoms with Crippen molar-refractivity contribution < 1.29 is 14.7 Å². The number of nitrogens with zero attached hydrogens (tertiary/aromatic N) is 1. The zero-order valence-corrected chi connectivity index (χ0v) is 12.2. The van der Waals surface area contributed by atoms with Crippen LogP contribution in [-0.4, -0.2) is 34.0 Å². The first-order valence-electron chi connectivity index (χ1n) is 6.92. The molecule has 0 radical (unpaired) electrons. The maximum absolute atomic E-state index is 12.7. The maximum atomic E-state index is 12.7. The van der Waals surface area contributed by atoms with E-state index >= 15 is 0 Å². The van der Waals surface area contributed by atoms with Gasteiger partial charge >= 0.3 is 5.97 Å². The Morgan fingerprint density at radius 3 is 2.50 bits per heavy atom. The molecule has 1 aromatic rings. The van der Waals surface area contributed by atoms with Crippen molar-refractivity contribution in [2.75, 3.05) is 6.54 Å². The monoisotopic (exact) mass is 275 g/mol. The molecule has 0 saturated heterocycles. The number of carboxylic acids is 1. The SMILES string of the molecule is CC(C)(C)N(CCC(=O)O)C(=O)C1Cc2ccccc21. The molecular weight excluding hydrogens is 254 g/mol. The first-order valence-corrected chi connectivity index (χ1v) is 6.92. The number of carbonyl (C=O) groups is 2. The van der Waals surface area contributed by atoms with E-state index in [0.29, 0.717) is 0 Å². The molecule has 4 nitrogen and oxygen atoms in total. The van der Waals surface area contributed by atoms with Crippen molar-refractivity contribution in [3.63, 3.8) is 0 Å².